The van der Waals surface area contributed by atoms with Gasteiger partial charge in [0.25, 0.3) is 0 Å². The van der Waals surface area contributed by atoms with E-state index in [2.05, 4.69) is 36.4 Å². The molecular weight excluding hydrogens is 218 g/mol. The first-order valence-electron chi connectivity index (χ1n) is 7.29. The molecule has 96 valence electrons. The van der Waals surface area contributed by atoms with Gasteiger partial charge in [0.2, 0.25) is 0 Å². The molecule has 0 aromatic heterocycles. The maximum absolute atomic E-state index is 6.10. The van der Waals surface area contributed by atoms with E-state index in [4.69, 9.17) is 5.73 Å². The average molecular weight is 241 g/mol. The van der Waals surface area contributed by atoms with E-state index in [-0.39, 0.29) is 0 Å². The van der Waals surface area contributed by atoms with Crippen LogP contribution in [-0.4, -0.2) is 6.54 Å². The van der Waals surface area contributed by atoms with Crippen molar-refractivity contribution in [1.82, 2.24) is 0 Å². The van der Waals surface area contributed by atoms with Crippen LogP contribution in [0.4, 0.5) is 0 Å². The minimum Gasteiger partial charge on any atom is -0.330 e. The number of benzene rings is 1. The number of hydrogen-bond acceptors (Lipinski definition) is 1. The molecule has 1 fully saturated rings. The molecule has 0 radical (unpaired) electrons. The van der Waals surface area contributed by atoms with Gasteiger partial charge < -0.3 is 5.73 Å². The molecule has 3 rings (SSSR count). The van der Waals surface area contributed by atoms with E-state index in [1.165, 1.54) is 44.1 Å². The maximum Gasteiger partial charge on any atom is 0.00461 e. The van der Waals surface area contributed by atoms with Crippen molar-refractivity contribution in [2.75, 3.05) is 6.54 Å². The summed E-state index contributed by atoms with van der Waals surface area (Å²) in [5.41, 5.74) is 9.62. The second-order valence-electron chi connectivity index (χ2n) is 5.98. The number of nitrogens with two attached hydrogens (primary N) is 1. The van der Waals surface area contributed by atoms with Gasteiger partial charge in [0.05, 0.1) is 0 Å². The molecule has 0 atom stereocenters. The van der Waals surface area contributed by atoms with Crippen LogP contribution in [0.5, 0.6) is 0 Å². The highest BCUT2D eigenvalue weighted by atomic mass is 14.7. The molecule has 0 heterocycles. The van der Waals surface area contributed by atoms with Crippen LogP contribution >= 0.6 is 0 Å². The van der Waals surface area contributed by atoms with Crippen molar-refractivity contribution in [3.8, 4) is 0 Å². The minimum absolute atomic E-state index is 0.348. The third kappa shape index (κ3) is 2.01. The molecule has 0 unspecified atom stereocenters. The van der Waals surface area contributed by atoms with E-state index in [0.29, 0.717) is 5.41 Å². The molecule has 0 saturated heterocycles. The molecule has 18 heavy (non-hydrogen) atoms. The zero-order valence-electron chi connectivity index (χ0n) is 11.1. The normalized spacial score (nSPS) is 31.6. The lowest BCUT2D eigenvalue weighted by molar-refractivity contribution is 0.150. The molecule has 2 aliphatic carbocycles. The van der Waals surface area contributed by atoms with Gasteiger partial charge in [-0.15, -0.1) is 0 Å². The van der Waals surface area contributed by atoms with Crippen molar-refractivity contribution in [3.05, 3.63) is 47.5 Å². The van der Waals surface area contributed by atoms with Crippen LogP contribution < -0.4 is 5.73 Å². The third-order valence-electron chi connectivity index (χ3n) is 4.91. The van der Waals surface area contributed by atoms with Crippen LogP contribution in [-0.2, 0) is 0 Å². The van der Waals surface area contributed by atoms with Crippen LogP contribution in [0.1, 0.15) is 50.0 Å². The first kappa shape index (κ1) is 12.0. The van der Waals surface area contributed by atoms with E-state index in [9.17, 15) is 0 Å². The van der Waals surface area contributed by atoms with Crippen molar-refractivity contribution in [2.45, 2.75) is 44.4 Å². The molecule has 1 saturated carbocycles. The number of hydrogen-bond donors (Lipinski definition) is 1. The molecule has 0 bridgehead atoms. The summed E-state index contributed by atoms with van der Waals surface area (Å²) in [6.45, 7) is 0.835. The lowest BCUT2D eigenvalue weighted by Crippen LogP contribution is -2.44. The molecule has 2 N–H and O–H groups in total. The zero-order valence-corrected chi connectivity index (χ0v) is 11.1. The van der Waals surface area contributed by atoms with E-state index in [1.807, 2.05) is 0 Å². The SMILES string of the molecule is NCC1(C2=CCCCC2)CC(c2ccccc2)C1. The molecule has 1 aromatic carbocycles. The standard InChI is InChI=1S/C17H23N/c18-13-17(16-9-5-2-6-10-16)11-15(12-17)14-7-3-1-4-8-14/h1,3-4,7-9,15H,2,5-6,10-13,18H2. The van der Waals surface area contributed by atoms with Crippen LogP contribution in [0.15, 0.2) is 42.0 Å². The predicted molar refractivity (Wildman–Crippen MR) is 76.5 cm³/mol. The van der Waals surface area contributed by atoms with Gasteiger partial charge in [-0.1, -0.05) is 42.0 Å². The van der Waals surface area contributed by atoms with Crippen LogP contribution in [0.25, 0.3) is 0 Å². The lowest BCUT2D eigenvalue weighted by atomic mass is 9.55. The summed E-state index contributed by atoms with van der Waals surface area (Å²) in [5.74, 6) is 0.734. The highest BCUT2D eigenvalue weighted by Gasteiger charge is 2.45. The molecular formula is C17H23N. The van der Waals surface area contributed by atoms with Crippen LogP contribution in [0.2, 0.25) is 0 Å². The van der Waals surface area contributed by atoms with Crippen molar-refractivity contribution >= 4 is 0 Å². The van der Waals surface area contributed by atoms with Gasteiger partial charge in [-0.2, -0.15) is 0 Å². The Morgan fingerprint density at radius 3 is 2.50 bits per heavy atom. The van der Waals surface area contributed by atoms with Crippen LogP contribution in [0, 0.1) is 5.41 Å². The van der Waals surface area contributed by atoms with Crippen molar-refractivity contribution in [3.63, 3.8) is 0 Å². The summed E-state index contributed by atoms with van der Waals surface area (Å²) in [6.07, 6.45) is 10.3. The Hall–Kier alpha value is -1.08. The zero-order chi connectivity index (χ0) is 12.4. The van der Waals surface area contributed by atoms with E-state index in [0.717, 1.165) is 12.5 Å². The first-order chi connectivity index (χ1) is 8.84. The summed E-state index contributed by atoms with van der Waals surface area (Å²) < 4.78 is 0. The van der Waals surface area contributed by atoms with Gasteiger partial charge in [-0.05, 0) is 50.0 Å². The van der Waals surface area contributed by atoms with Gasteiger partial charge >= 0.3 is 0 Å². The summed E-state index contributed by atoms with van der Waals surface area (Å²) in [6, 6.07) is 10.9. The maximum atomic E-state index is 6.10. The number of rotatable bonds is 3. The fourth-order valence-electron chi connectivity index (χ4n) is 3.72. The number of allylic oxidation sites excluding steroid dienone is 1. The van der Waals surface area contributed by atoms with Gasteiger partial charge in [-0.3, -0.25) is 0 Å². The second-order valence-corrected chi connectivity index (χ2v) is 5.98. The average Bonchev–Trinajstić information content (AvgIpc) is 2.41. The molecule has 1 nitrogen and oxygen atoms in total. The highest BCUT2D eigenvalue weighted by Crippen LogP contribution is 2.56. The van der Waals surface area contributed by atoms with Crippen LogP contribution in [0.3, 0.4) is 0 Å². The smallest absolute Gasteiger partial charge is 0.00461 e. The fraction of sp³-hybridized carbons (Fsp3) is 0.529. The Kier molecular flexibility index (Phi) is 3.25. The van der Waals surface area contributed by atoms with Crippen molar-refractivity contribution in [1.29, 1.82) is 0 Å². The molecule has 0 amide bonds. The molecule has 1 heteroatoms. The highest BCUT2D eigenvalue weighted by molar-refractivity contribution is 5.30. The first-order valence-corrected chi connectivity index (χ1v) is 7.29. The van der Waals surface area contributed by atoms with Crippen molar-refractivity contribution in [2.24, 2.45) is 11.1 Å². The van der Waals surface area contributed by atoms with Gasteiger partial charge in [0.1, 0.15) is 0 Å². The monoisotopic (exact) mass is 241 g/mol. The van der Waals surface area contributed by atoms with Crippen molar-refractivity contribution < 1.29 is 0 Å². The summed E-state index contributed by atoms with van der Waals surface area (Å²) in [7, 11) is 0. The fourth-order valence-corrected chi connectivity index (χ4v) is 3.72. The van der Waals surface area contributed by atoms with E-state index >= 15 is 0 Å². The second kappa shape index (κ2) is 4.89. The Labute approximate surface area is 110 Å². The summed E-state index contributed by atoms with van der Waals surface area (Å²) in [5, 5.41) is 0. The van der Waals surface area contributed by atoms with E-state index < -0.39 is 0 Å². The lowest BCUT2D eigenvalue weighted by Gasteiger charge is -2.50. The Bertz CT molecular complexity index is 426. The quantitative estimate of drug-likeness (QED) is 0.795. The Morgan fingerprint density at radius 1 is 1.11 bits per heavy atom. The topological polar surface area (TPSA) is 26.0 Å². The largest absolute Gasteiger partial charge is 0.330 e. The van der Waals surface area contributed by atoms with Gasteiger partial charge in [0.15, 0.2) is 0 Å². The Morgan fingerprint density at radius 2 is 1.89 bits per heavy atom. The molecule has 2 aliphatic rings. The predicted octanol–water partition coefficient (Wildman–Crippen LogP) is 4.01. The Balaban J connectivity index is 1.73. The summed E-state index contributed by atoms with van der Waals surface area (Å²) >= 11 is 0. The molecule has 0 spiro atoms. The molecule has 0 aliphatic heterocycles. The summed E-state index contributed by atoms with van der Waals surface area (Å²) in [4.78, 5) is 0. The van der Waals surface area contributed by atoms with Gasteiger partial charge in [0, 0.05) is 12.0 Å². The third-order valence-corrected chi connectivity index (χ3v) is 4.91. The van der Waals surface area contributed by atoms with E-state index in [1.54, 1.807) is 5.57 Å². The van der Waals surface area contributed by atoms with Gasteiger partial charge in [-0.25, -0.2) is 0 Å². The molecule has 1 aromatic rings. The minimum atomic E-state index is 0.348.